The zero-order valence-electron chi connectivity index (χ0n) is 22.4. The fraction of sp³-hybridized carbons (Fsp3) is 0.529. The summed E-state index contributed by atoms with van der Waals surface area (Å²) >= 11 is 0. The van der Waals surface area contributed by atoms with E-state index in [4.69, 9.17) is 0 Å². The molecule has 1 heterocycles. The van der Waals surface area contributed by atoms with Gasteiger partial charge in [0.25, 0.3) is 0 Å². The number of hydrogen-bond donors (Lipinski definition) is 1. The van der Waals surface area contributed by atoms with Crippen molar-refractivity contribution in [2.75, 3.05) is 13.1 Å². The summed E-state index contributed by atoms with van der Waals surface area (Å²) in [6.07, 6.45) is 19.9. The molecule has 0 amide bonds. The van der Waals surface area contributed by atoms with E-state index in [1.165, 1.54) is 67.3 Å². The molecule has 3 heteroatoms. The Morgan fingerprint density at radius 2 is 1.78 bits per heavy atom. The maximum absolute atomic E-state index is 9.89. The van der Waals surface area contributed by atoms with Crippen LogP contribution in [-0.2, 0) is 25.8 Å². The first-order chi connectivity index (χ1) is 18.2. The van der Waals surface area contributed by atoms with Crippen molar-refractivity contribution in [3.8, 4) is 5.75 Å². The van der Waals surface area contributed by atoms with Crippen molar-refractivity contribution in [2.45, 2.75) is 82.5 Å². The molecule has 2 saturated carbocycles. The molecular weight excluding hydrogens is 452 g/mol. The number of rotatable bonds is 8. The molecule has 194 valence electrons. The van der Waals surface area contributed by atoms with E-state index >= 15 is 0 Å². The lowest BCUT2D eigenvalue weighted by molar-refractivity contribution is 0.154. The predicted molar refractivity (Wildman–Crippen MR) is 151 cm³/mol. The summed E-state index contributed by atoms with van der Waals surface area (Å²) in [7, 11) is 0. The van der Waals surface area contributed by atoms with E-state index in [2.05, 4.69) is 71.4 Å². The third kappa shape index (κ3) is 4.10. The maximum atomic E-state index is 9.89. The van der Waals surface area contributed by atoms with Crippen LogP contribution in [0.3, 0.4) is 0 Å². The molecule has 0 aromatic heterocycles. The summed E-state index contributed by atoms with van der Waals surface area (Å²) < 4.78 is 0. The van der Waals surface area contributed by atoms with Crippen LogP contribution in [-0.4, -0.2) is 45.6 Å². The molecule has 7 atom stereocenters. The number of nitrogens with zero attached hydrogens (tertiary/aromatic N) is 2. The van der Waals surface area contributed by atoms with Gasteiger partial charge in [-0.25, -0.2) is 0 Å². The number of phenolic OH excluding ortho intramolecular Hbond substituents is 1. The van der Waals surface area contributed by atoms with Gasteiger partial charge in [-0.3, -0.25) is 9.80 Å². The molecule has 5 aliphatic rings. The largest absolute Gasteiger partial charge is 0.508 e. The lowest BCUT2D eigenvalue weighted by Crippen LogP contribution is -2.43. The highest BCUT2D eigenvalue weighted by molar-refractivity contribution is 5.37. The normalized spacial score (nSPS) is 35.1. The highest BCUT2D eigenvalue weighted by Crippen LogP contribution is 2.66. The fourth-order valence-corrected chi connectivity index (χ4v) is 8.69. The van der Waals surface area contributed by atoms with Crippen LogP contribution >= 0.6 is 0 Å². The van der Waals surface area contributed by atoms with Crippen LogP contribution in [0.5, 0.6) is 5.75 Å². The zero-order chi connectivity index (χ0) is 25.0. The van der Waals surface area contributed by atoms with Gasteiger partial charge in [-0.1, -0.05) is 61.6 Å². The Morgan fingerprint density at radius 1 is 0.946 bits per heavy atom. The van der Waals surface area contributed by atoms with E-state index < -0.39 is 0 Å². The number of phenols is 1. The molecule has 37 heavy (non-hydrogen) atoms. The number of aromatic hydroxyl groups is 1. The summed E-state index contributed by atoms with van der Waals surface area (Å²) in [6.45, 7) is 5.63. The Bertz CT molecular complexity index is 1200. The van der Waals surface area contributed by atoms with Gasteiger partial charge in [0.2, 0.25) is 0 Å². The van der Waals surface area contributed by atoms with Crippen LogP contribution in [0, 0.1) is 17.8 Å². The topological polar surface area (TPSA) is 26.5 Å². The van der Waals surface area contributed by atoms with Crippen LogP contribution < -0.4 is 0 Å². The highest BCUT2D eigenvalue weighted by atomic mass is 16.3. The lowest BCUT2D eigenvalue weighted by atomic mass is 9.73. The molecule has 1 saturated heterocycles. The maximum Gasteiger partial charge on any atom is 0.115 e. The average Bonchev–Trinajstić information content (AvgIpc) is 3.52. The fourth-order valence-electron chi connectivity index (χ4n) is 8.69. The van der Waals surface area contributed by atoms with Crippen LogP contribution in [0.15, 0.2) is 66.8 Å². The summed E-state index contributed by atoms with van der Waals surface area (Å²) in [6, 6.07) is 16.9. The van der Waals surface area contributed by atoms with Gasteiger partial charge in [0.1, 0.15) is 5.75 Å². The standard InChI is InChI=1S/C34H42N2O/c1-2-35(32-6-4-3-5-31(32)28-12-11-27-22-30(37)15-13-26(27)21-28)23-25-9-7-24(8-10-25)18-20-36-33-16-14-29-17-19-34(29,33)36/h3-10,13,15,22,28-29,31-33,37H,2,11-12,14,16-21,23H2,1H3/t28-,29?,31?,32?,33?,34?,36?/m1/s1. The number of allylic oxidation sites excluding steroid dienone is 2. The summed E-state index contributed by atoms with van der Waals surface area (Å²) in [4.78, 5) is 5.51. The number of hydrogen-bond acceptors (Lipinski definition) is 3. The molecule has 2 aromatic carbocycles. The van der Waals surface area contributed by atoms with Crippen molar-refractivity contribution in [3.05, 3.63) is 89.0 Å². The molecule has 2 aromatic rings. The predicted octanol–water partition coefficient (Wildman–Crippen LogP) is 6.30. The van der Waals surface area contributed by atoms with Crippen molar-refractivity contribution < 1.29 is 5.11 Å². The monoisotopic (exact) mass is 494 g/mol. The smallest absolute Gasteiger partial charge is 0.115 e. The van der Waals surface area contributed by atoms with Crippen molar-refractivity contribution in [1.82, 2.24) is 9.80 Å². The molecule has 0 radical (unpaired) electrons. The molecule has 7 rings (SSSR count). The first-order valence-electron chi connectivity index (χ1n) is 14.9. The molecule has 3 nitrogen and oxygen atoms in total. The quantitative estimate of drug-likeness (QED) is 0.436. The first kappa shape index (κ1) is 23.7. The number of aryl methyl sites for hydroxylation is 1. The van der Waals surface area contributed by atoms with Crippen LogP contribution in [0.4, 0.5) is 0 Å². The number of likely N-dealkylation sites (tertiary alicyclic amines) is 1. The number of likely N-dealkylation sites (N-methyl/N-ethyl adjacent to an activating group) is 1. The first-order valence-corrected chi connectivity index (χ1v) is 14.9. The van der Waals surface area contributed by atoms with Gasteiger partial charge in [-0.2, -0.15) is 0 Å². The summed E-state index contributed by atoms with van der Waals surface area (Å²) in [5, 5.41) is 9.89. The Morgan fingerprint density at radius 3 is 2.57 bits per heavy atom. The highest BCUT2D eigenvalue weighted by Gasteiger charge is 2.72. The SMILES string of the molecule is CCN(Cc1ccc(CCN2C3CCC4CCC432)cc1)C1C=CC=CC1[C@@H]1CCc2cc(O)ccc2C1. The molecule has 0 bridgehead atoms. The van der Waals surface area contributed by atoms with E-state index in [1.807, 2.05) is 12.1 Å². The Labute approximate surface area is 222 Å². The zero-order valence-corrected chi connectivity index (χ0v) is 22.4. The molecule has 1 spiro atoms. The third-order valence-electron chi connectivity index (χ3n) is 10.8. The van der Waals surface area contributed by atoms with Crippen LogP contribution in [0.1, 0.15) is 61.3 Å². The molecule has 3 fully saturated rings. The summed E-state index contributed by atoms with van der Waals surface area (Å²) in [5.74, 6) is 2.61. The van der Waals surface area contributed by atoms with E-state index in [1.54, 1.807) is 0 Å². The molecule has 1 aliphatic heterocycles. The van der Waals surface area contributed by atoms with Gasteiger partial charge in [0.05, 0.1) is 0 Å². The van der Waals surface area contributed by atoms with E-state index in [-0.39, 0.29) is 0 Å². The van der Waals surface area contributed by atoms with Gasteiger partial charge in [0.15, 0.2) is 0 Å². The second-order valence-electron chi connectivity index (χ2n) is 12.4. The van der Waals surface area contributed by atoms with Crippen LogP contribution in [0.2, 0.25) is 0 Å². The van der Waals surface area contributed by atoms with Gasteiger partial charge in [-0.15, -0.1) is 0 Å². The van der Waals surface area contributed by atoms with Gasteiger partial charge in [-0.05, 0) is 110 Å². The van der Waals surface area contributed by atoms with Crippen LogP contribution in [0.25, 0.3) is 0 Å². The average molecular weight is 495 g/mol. The number of piperidine rings is 1. The van der Waals surface area contributed by atoms with Crippen molar-refractivity contribution >= 4 is 0 Å². The minimum Gasteiger partial charge on any atom is -0.508 e. The van der Waals surface area contributed by atoms with Crippen molar-refractivity contribution in [3.63, 3.8) is 0 Å². The molecular formula is C34H42N2O. The summed E-state index contributed by atoms with van der Waals surface area (Å²) in [5.41, 5.74) is 6.35. The second kappa shape index (κ2) is 9.43. The second-order valence-corrected chi connectivity index (χ2v) is 12.4. The number of fused-ring (bicyclic) bond motifs is 1. The Kier molecular flexibility index (Phi) is 6.05. The Hall–Kier alpha value is -2.36. The molecule has 6 unspecified atom stereocenters. The Balaban J connectivity index is 0.984. The van der Waals surface area contributed by atoms with E-state index in [0.717, 1.165) is 37.9 Å². The lowest BCUT2D eigenvalue weighted by Gasteiger charge is -2.40. The van der Waals surface area contributed by atoms with Crippen molar-refractivity contribution in [2.24, 2.45) is 17.8 Å². The number of benzene rings is 2. The third-order valence-corrected chi connectivity index (χ3v) is 10.8. The van der Waals surface area contributed by atoms with E-state index in [9.17, 15) is 5.11 Å². The van der Waals surface area contributed by atoms with Crippen molar-refractivity contribution in [1.29, 1.82) is 0 Å². The van der Waals surface area contributed by atoms with Gasteiger partial charge >= 0.3 is 0 Å². The minimum atomic E-state index is 0.401. The molecule has 4 aliphatic carbocycles. The molecule has 1 N–H and O–H groups in total. The van der Waals surface area contributed by atoms with Gasteiger partial charge < -0.3 is 5.11 Å². The van der Waals surface area contributed by atoms with E-state index in [0.29, 0.717) is 29.2 Å². The minimum absolute atomic E-state index is 0.401. The van der Waals surface area contributed by atoms with Gasteiger partial charge in [0, 0.05) is 30.7 Å².